The Morgan fingerprint density at radius 3 is 2.33 bits per heavy atom. The number of hydrogen-bond donors (Lipinski definition) is 2. The van der Waals surface area contributed by atoms with Gasteiger partial charge in [0.25, 0.3) is 5.91 Å². The van der Waals surface area contributed by atoms with Crippen LogP contribution in [0.15, 0.2) is 53.5 Å². The highest BCUT2D eigenvalue weighted by Crippen LogP contribution is 2.16. The van der Waals surface area contributed by atoms with Gasteiger partial charge in [0.1, 0.15) is 11.6 Å². The third-order valence-corrected chi connectivity index (χ3v) is 4.82. The summed E-state index contributed by atoms with van der Waals surface area (Å²) in [6.07, 6.45) is 0. The number of benzene rings is 2. The standard InChI is InChI=1S/C21H26FN5O2.HI/c1-29-19-8-2-16(3-9-19)20(28)24-10-11-25-21(23)27-14-12-26(13-15-27)18-6-4-17(22)5-7-18;/h2-9H,10-15H2,1H3,(H2,23,25)(H,24,28);1H. The van der Waals surface area contributed by atoms with E-state index in [-0.39, 0.29) is 35.7 Å². The third kappa shape index (κ3) is 6.48. The zero-order chi connectivity index (χ0) is 20.6. The second-order valence-corrected chi connectivity index (χ2v) is 6.67. The van der Waals surface area contributed by atoms with Crippen LogP contribution in [0.2, 0.25) is 0 Å². The van der Waals surface area contributed by atoms with Crippen molar-refractivity contribution in [2.24, 2.45) is 10.7 Å². The predicted molar refractivity (Wildman–Crippen MR) is 127 cm³/mol. The number of aliphatic imine (C=N–C) groups is 1. The lowest BCUT2D eigenvalue weighted by atomic mass is 10.2. The molecule has 2 aromatic carbocycles. The van der Waals surface area contributed by atoms with Crippen LogP contribution >= 0.6 is 24.0 Å². The van der Waals surface area contributed by atoms with Crippen molar-refractivity contribution in [2.75, 3.05) is 51.3 Å². The SMILES string of the molecule is COc1ccc(C(=O)NCCN=C(N)N2CCN(c3ccc(F)cc3)CC2)cc1.I. The Labute approximate surface area is 193 Å². The van der Waals surface area contributed by atoms with Gasteiger partial charge in [0.15, 0.2) is 5.96 Å². The molecule has 9 heteroatoms. The Balaban J connectivity index is 0.00000320. The quantitative estimate of drug-likeness (QED) is 0.261. The first-order valence-corrected chi connectivity index (χ1v) is 9.54. The summed E-state index contributed by atoms with van der Waals surface area (Å²) in [4.78, 5) is 20.7. The van der Waals surface area contributed by atoms with Gasteiger partial charge >= 0.3 is 0 Å². The van der Waals surface area contributed by atoms with Gasteiger partial charge in [-0.05, 0) is 48.5 Å². The topological polar surface area (TPSA) is 83.2 Å². The average molecular weight is 527 g/mol. The Morgan fingerprint density at radius 1 is 1.10 bits per heavy atom. The zero-order valence-electron chi connectivity index (χ0n) is 16.9. The average Bonchev–Trinajstić information content (AvgIpc) is 2.77. The highest BCUT2D eigenvalue weighted by Gasteiger charge is 2.18. The molecule has 30 heavy (non-hydrogen) atoms. The van der Waals surface area contributed by atoms with E-state index >= 15 is 0 Å². The maximum absolute atomic E-state index is 13.1. The second kappa shape index (κ2) is 11.6. The van der Waals surface area contributed by atoms with E-state index in [0.29, 0.717) is 30.4 Å². The van der Waals surface area contributed by atoms with E-state index in [0.717, 1.165) is 31.9 Å². The minimum atomic E-state index is -0.233. The maximum Gasteiger partial charge on any atom is 0.251 e. The number of carbonyl (C=O) groups is 1. The van der Waals surface area contributed by atoms with Crippen LogP contribution in [0.25, 0.3) is 0 Å². The van der Waals surface area contributed by atoms with E-state index in [1.165, 1.54) is 12.1 Å². The Hall–Kier alpha value is -2.56. The lowest BCUT2D eigenvalue weighted by Crippen LogP contribution is -2.51. The molecule has 0 radical (unpaired) electrons. The number of hydrogen-bond acceptors (Lipinski definition) is 4. The number of anilines is 1. The lowest BCUT2D eigenvalue weighted by Gasteiger charge is -2.36. The molecule has 0 spiro atoms. The van der Waals surface area contributed by atoms with E-state index in [9.17, 15) is 9.18 Å². The molecule has 3 rings (SSSR count). The molecule has 162 valence electrons. The van der Waals surface area contributed by atoms with Gasteiger partial charge in [-0.3, -0.25) is 9.79 Å². The Bertz CT molecular complexity index is 837. The van der Waals surface area contributed by atoms with E-state index in [1.54, 1.807) is 43.5 Å². The van der Waals surface area contributed by atoms with Crippen LogP contribution in [-0.2, 0) is 0 Å². The van der Waals surface area contributed by atoms with Crippen LogP contribution in [0.4, 0.5) is 10.1 Å². The van der Waals surface area contributed by atoms with Crippen LogP contribution < -0.4 is 20.7 Å². The van der Waals surface area contributed by atoms with Gasteiger partial charge in [-0.2, -0.15) is 0 Å². The second-order valence-electron chi connectivity index (χ2n) is 6.67. The normalized spacial score (nSPS) is 14.1. The van der Waals surface area contributed by atoms with E-state index in [4.69, 9.17) is 10.5 Å². The van der Waals surface area contributed by atoms with Crippen molar-refractivity contribution in [3.05, 3.63) is 59.9 Å². The molecule has 1 aliphatic rings. The number of amides is 1. The van der Waals surface area contributed by atoms with E-state index in [1.807, 2.05) is 4.90 Å². The fourth-order valence-corrected chi connectivity index (χ4v) is 3.13. The first-order chi connectivity index (χ1) is 14.1. The highest BCUT2D eigenvalue weighted by molar-refractivity contribution is 14.0. The van der Waals surface area contributed by atoms with Crippen molar-refractivity contribution in [3.8, 4) is 5.75 Å². The van der Waals surface area contributed by atoms with Crippen LogP contribution in [0.5, 0.6) is 5.75 Å². The van der Waals surface area contributed by atoms with Crippen LogP contribution in [0.3, 0.4) is 0 Å². The van der Waals surface area contributed by atoms with Crippen molar-refractivity contribution in [1.29, 1.82) is 0 Å². The van der Waals surface area contributed by atoms with Gasteiger partial charge in [0.2, 0.25) is 0 Å². The zero-order valence-corrected chi connectivity index (χ0v) is 19.2. The number of nitrogens with one attached hydrogen (secondary N) is 1. The number of nitrogens with zero attached hydrogens (tertiary/aromatic N) is 3. The molecule has 0 aromatic heterocycles. The van der Waals surface area contributed by atoms with Crippen LogP contribution in [0.1, 0.15) is 10.4 Å². The summed E-state index contributed by atoms with van der Waals surface area (Å²) in [6, 6.07) is 13.4. The third-order valence-electron chi connectivity index (χ3n) is 4.82. The first-order valence-electron chi connectivity index (χ1n) is 9.54. The molecule has 2 aromatic rings. The molecule has 1 saturated heterocycles. The van der Waals surface area contributed by atoms with E-state index in [2.05, 4.69) is 15.2 Å². The van der Waals surface area contributed by atoms with Crippen molar-refractivity contribution in [2.45, 2.75) is 0 Å². The summed E-state index contributed by atoms with van der Waals surface area (Å²) < 4.78 is 18.1. The monoisotopic (exact) mass is 527 g/mol. The number of rotatable bonds is 6. The van der Waals surface area contributed by atoms with Crippen molar-refractivity contribution in [1.82, 2.24) is 10.2 Å². The lowest BCUT2D eigenvalue weighted by molar-refractivity contribution is 0.0954. The number of ether oxygens (including phenoxy) is 1. The van der Waals surface area contributed by atoms with Crippen LogP contribution in [-0.4, -0.2) is 63.1 Å². The summed E-state index contributed by atoms with van der Waals surface area (Å²) in [6.45, 7) is 3.87. The largest absolute Gasteiger partial charge is 0.497 e. The van der Waals surface area contributed by atoms with Gasteiger partial charge in [-0.15, -0.1) is 24.0 Å². The fourth-order valence-electron chi connectivity index (χ4n) is 3.13. The van der Waals surface area contributed by atoms with Crippen molar-refractivity contribution < 1.29 is 13.9 Å². The van der Waals surface area contributed by atoms with Gasteiger partial charge in [0.05, 0.1) is 13.7 Å². The molecule has 7 nitrogen and oxygen atoms in total. The number of nitrogens with two attached hydrogens (primary N) is 1. The number of methoxy groups -OCH3 is 1. The molecule has 0 atom stereocenters. The number of piperazine rings is 1. The molecule has 1 fully saturated rings. The molecule has 0 bridgehead atoms. The van der Waals surface area contributed by atoms with Gasteiger partial charge < -0.3 is 25.6 Å². The number of carbonyl (C=O) groups excluding carboxylic acids is 1. The number of halogens is 2. The molecular weight excluding hydrogens is 500 g/mol. The minimum Gasteiger partial charge on any atom is -0.497 e. The van der Waals surface area contributed by atoms with Crippen molar-refractivity contribution in [3.63, 3.8) is 0 Å². The smallest absolute Gasteiger partial charge is 0.251 e. The Morgan fingerprint density at radius 2 is 1.73 bits per heavy atom. The number of guanidine groups is 1. The maximum atomic E-state index is 13.1. The van der Waals surface area contributed by atoms with Gasteiger partial charge in [-0.25, -0.2) is 4.39 Å². The summed E-state index contributed by atoms with van der Waals surface area (Å²) in [7, 11) is 1.58. The highest BCUT2D eigenvalue weighted by atomic mass is 127. The Kier molecular flexibility index (Phi) is 9.15. The summed E-state index contributed by atoms with van der Waals surface area (Å²) >= 11 is 0. The molecular formula is C21H27FIN5O2. The summed E-state index contributed by atoms with van der Waals surface area (Å²) in [5, 5.41) is 2.83. The first kappa shape index (κ1) is 23.7. The minimum absolute atomic E-state index is 0. The molecule has 0 unspecified atom stereocenters. The van der Waals surface area contributed by atoms with Gasteiger partial charge in [0, 0.05) is 44.0 Å². The molecule has 3 N–H and O–H groups in total. The molecule has 1 aliphatic heterocycles. The fraction of sp³-hybridized carbons (Fsp3) is 0.333. The van der Waals surface area contributed by atoms with Gasteiger partial charge in [-0.1, -0.05) is 0 Å². The van der Waals surface area contributed by atoms with Crippen molar-refractivity contribution >= 4 is 41.5 Å². The van der Waals surface area contributed by atoms with Crippen LogP contribution in [0, 0.1) is 5.82 Å². The molecule has 0 saturated carbocycles. The molecule has 1 heterocycles. The molecule has 1 amide bonds. The predicted octanol–water partition coefficient (Wildman–Crippen LogP) is 2.32. The van der Waals surface area contributed by atoms with E-state index < -0.39 is 0 Å². The summed E-state index contributed by atoms with van der Waals surface area (Å²) in [5.74, 6) is 0.790. The molecule has 0 aliphatic carbocycles. The summed E-state index contributed by atoms with van der Waals surface area (Å²) in [5.41, 5.74) is 7.67.